The lowest BCUT2D eigenvalue weighted by molar-refractivity contribution is -0.117. The number of amides is 1. The molecule has 1 amide bonds. The molecule has 0 spiro atoms. The number of nitrogens with zero attached hydrogens (tertiary/aromatic N) is 3. The number of para-hydroxylation sites is 1. The summed E-state index contributed by atoms with van der Waals surface area (Å²) in [5.74, 6) is 1.61. The van der Waals surface area contributed by atoms with E-state index in [4.69, 9.17) is 4.74 Å². The molecule has 1 atom stereocenters. The van der Waals surface area contributed by atoms with E-state index in [1.807, 2.05) is 55.5 Å². The Balaban J connectivity index is 1.54. The van der Waals surface area contributed by atoms with Crippen molar-refractivity contribution in [1.29, 1.82) is 0 Å². The van der Waals surface area contributed by atoms with Gasteiger partial charge in [-0.05, 0) is 56.2 Å². The fraction of sp³-hybridized carbons (Fsp3) is 0.286. The summed E-state index contributed by atoms with van der Waals surface area (Å²) in [7, 11) is 0. The van der Waals surface area contributed by atoms with Gasteiger partial charge in [0, 0.05) is 17.6 Å². The van der Waals surface area contributed by atoms with Crippen LogP contribution in [0.15, 0.2) is 54.9 Å². The predicted molar refractivity (Wildman–Crippen MR) is 106 cm³/mol. The van der Waals surface area contributed by atoms with Gasteiger partial charge in [0.1, 0.15) is 23.9 Å². The largest absolute Gasteiger partial charge is 0.494 e. The highest BCUT2D eigenvalue weighted by molar-refractivity contribution is 5.99. The number of anilines is 2. The van der Waals surface area contributed by atoms with Crippen molar-refractivity contribution < 1.29 is 9.53 Å². The van der Waals surface area contributed by atoms with E-state index in [0.29, 0.717) is 6.61 Å². The van der Waals surface area contributed by atoms with Gasteiger partial charge in [0.25, 0.3) is 0 Å². The van der Waals surface area contributed by atoms with Crippen LogP contribution >= 0.6 is 0 Å². The molecule has 1 N–H and O–H groups in total. The standard InChI is InChI=1S/C21H22N4O2/c1-2-27-16-11-9-15(10-12-16)24-21(26)19-8-5-13-25(19)20-17-6-3-4-7-18(17)22-14-23-20/h3-4,6-7,9-12,14,19H,2,5,8,13H2,1H3,(H,24,26). The molecule has 1 fully saturated rings. The second-order valence-corrected chi connectivity index (χ2v) is 6.51. The van der Waals surface area contributed by atoms with Gasteiger partial charge in [-0.3, -0.25) is 4.79 Å². The summed E-state index contributed by atoms with van der Waals surface area (Å²) in [5.41, 5.74) is 1.66. The van der Waals surface area contributed by atoms with Crippen molar-refractivity contribution in [2.45, 2.75) is 25.8 Å². The number of carbonyl (C=O) groups excluding carboxylic acids is 1. The van der Waals surface area contributed by atoms with Crippen molar-refractivity contribution in [3.63, 3.8) is 0 Å². The Morgan fingerprint density at radius 2 is 2.00 bits per heavy atom. The molecule has 0 saturated carbocycles. The lowest BCUT2D eigenvalue weighted by Gasteiger charge is -2.25. The average Bonchev–Trinajstić information content (AvgIpc) is 3.19. The summed E-state index contributed by atoms with van der Waals surface area (Å²) in [6, 6.07) is 15.1. The molecular formula is C21H22N4O2. The molecule has 138 valence electrons. The summed E-state index contributed by atoms with van der Waals surface area (Å²) >= 11 is 0. The molecule has 2 heterocycles. The molecule has 0 radical (unpaired) electrons. The quantitative estimate of drug-likeness (QED) is 0.751. The van der Waals surface area contributed by atoms with Crippen molar-refractivity contribution in [3.05, 3.63) is 54.9 Å². The maximum atomic E-state index is 12.9. The smallest absolute Gasteiger partial charge is 0.247 e. The molecular weight excluding hydrogens is 340 g/mol. The number of aromatic nitrogens is 2. The summed E-state index contributed by atoms with van der Waals surface area (Å²) in [6.07, 6.45) is 3.33. The maximum Gasteiger partial charge on any atom is 0.247 e. The number of carbonyl (C=O) groups is 1. The van der Waals surface area contributed by atoms with E-state index < -0.39 is 0 Å². The summed E-state index contributed by atoms with van der Waals surface area (Å²) in [5, 5.41) is 3.99. The number of rotatable bonds is 5. The van der Waals surface area contributed by atoms with Crippen LogP contribution in [0.25, 0.3) is 10.9 Å². The molecule has 2 aromatic carbocycles. The third kappa shape index (κ3) is 3.56. The number of hydrogen-bond acceptors (Lipinski definition) is 5. The Hall–Kier alpha value is -3.15. The lowest BCUT2D eigenvalue weighted by Crippen LogP contribution is -2.40. The SMILES string of the molecule is CCOc1ccc(NC(=O)C2CCCN2c2ncnc3ccccc23)cc1. The molecule has 1 unspecified atom stereocenters. The minimum atomic E-state index is -0.241. The van der Waals surface area contributed by atoms with Crippen LogP contribution in [0.5, 0.6) is 5.75 Å². The van der Waals surface area contributed by atoms with Gasteiger partial charge in [-0.25, -0.2) is 9.97 Å². The van der Waals surface area contributed by atoms with Crippen LogP contribution in [0.2, 0.25) is 0 Å². The molecule has 27 heavy (non-hydrogen) atoms. The zero-order valence-corrected chi connectivity index (χ0v) is 15.3. The van der Waals surface area contributed by atoms with E-state index in [-0.39, 0.29) is 11.9 Å². The number of fused-ring (bicyclic) bond motifs is 1. The molecule has 1 aliphatic rings. The molecule has 6 nitrogen and oxygen atoms in total. The number of benzene rings is 2. The van der Waals surface area contributed by atoms with Gasteiger partial charge >= 0.3 is 0 Å². The first-order valence-corrected chi connectivity index (χ1v) is 9.26. The number of ether oxygens (including phenoxy) is 1. The van der Waals surface area contributed by atoms with Gasteiger partial charge in [0.2, 0.25) is 5.91 Å². The van der Waals surface area contributed by atoms with E-state index in [9.17, 15) is 4.79 Å². The molecule has 6 heteroatoms. The van der Waals surface area contributed by atoms with Crippen molar-refractivity contribution >= 4 is 28.3 Å². The van der Waals surface area contributed by atoms with E-state index in [1.54, 1.807) is 6.33 Å². The van der Waals surface area contributed by atoms with Crippen LogP contribution < -0.4 is 15.0 Å². The first-order chi connectivity index (χ1) is 13.3. The van der Waals surface area contributed by atoms with Crippen LogP contribution in [0.3, 0.4) is 0 Å². The number of nitrogens with one attached hydrogen (secondary N) is 1. The fourth-order valence-electron chi connectivity index (χ4n) is 3.54. The second-order valence-electron chi connectivity index (χ2n) is 6.51. The molecule has 3 aromatic rings. The Morgan fingerprint density at radius 3 is 2.81 bits per heavy atom. The van der Waals surface area contributed by atoms with Gasteiger partial charge in [-0.15, -0.1) is 0 Å². The van der Waals surface area contributed by atoms with Crippen molar-refractivity contribution in [3.8, 4) is 5.75 Å². The maximum absolute atomic E-state index is 12.9. The van der Waals surface area contributed by atoms with E-state index >= 15 is 0 Å². The molecule has 1 aliphatic heterocycles. The van der Waals surface area contributed by atoms with Gasteiger partial charge in [0.05, 0.1) is 12.1 Å². The third-order valence-electron chi connectivity index (χ3n) is 4.78. The van der Waals surface area contributed by atoms with E-state index in [2.05, 4.69) is 20.2 Å². The molecule has 0 aliphatic carbocycles. The zero-order chi connectivity index (χ0) is 18.6. The zero-order valence-electron chi connectivity index (χ0n) is 15.3. The van der Waals surface area contributed by atoms with Crippen LogP contribution in [0, 0.1) is 0 Å². The van der Waals surface area contributed by atoms with Gasteiger partial charge in [-0.1, -0.05) is 12.1 Å². The number of hydrogen-bond donors (Lipinski definition) is 1. The topological polar surface area (TPSA) is 67.3 Å². The summed E-state index contributed by atoms with van der Waals surface area (Å²) in [6.45, 7) is 3.37. The van der Waals surface area contributed by atoms with Gasteiger partial charge in [0.15, 0.2) is 0 Å². The average molecular weight is 362 g/mol. The Morgan fingerprint density at radius 1 is 1.19 bits per heavy atom. The van der Waals surface area contributed by atoms with Crippen molar-refractivity contribution in [1.82, 2.24) is 9.97 Å². The Bertz CT molecular complexity index is 937. The van der Waals surface area contributed by atoms with E-state index in [0.717, 1.165) is 47.5 Å². The highest BCUT2D eigenvalue weighted by atomic mass is 16.5. The van der Waals surface area contributed by atoms with Crippen LogP contribution in [-0.2, 0) is 4.79 Å². The fourth-order valence-corrected chi connectivity index (χ4v) is 3.54. The minimum Gasteiger partial charge on any atom is -0.494 e. The van der Waals surface area contributed by atoms with Crippen molar-refractivity contribution in [2.75, 3.05) is 23.4 Å². The van der Waals surface area contributed by atoms with Crippen LogP contribution in [-0.4, -0.2) is 35.1 Å². The van der Waals surface area contributed by atoms with E-state index in [1.165, 1.54) is 0 Å². The summed E-state index contributed by atoms with van der Waals surface area (Å²) in [4.78, 5) is 23.8. The molecule has 1 aromatic heterocycles. The van der Waals surface area contributed by atoms with Crippen molar-refractivity contribution in [2.24, 2.45) is 0 Å². The molecule has 0 bridgehead atoms. The molecule has 4 rings (SSSR count). The first kappa shape index (κ1) is 17.3. The minimum absolute atomic E-state index is 0.0145. The van der Waals surface area contributed by atoms with Gasteiger partial charge in [-0.2, -0.15) is 0 Å². The Kier molecular flexibility index (Phi) is 4.87. The van der Waals surface area contributed by atoms with Gasteiger partial charge < -0.3 is 15.0 Å². The second kappa shape index (κ2) is 7.61. The normalized spacial score (nSPS) is 16.5. The third-order valence-corrected chi connectivity index (χ3v) is 4.78. The predicted octanol–water partition coefficient (Wildman–Crippen LogP) is 3.64. The lowest BCUT2D eigenvalue weighted by atomic mass is 10.1. The highest BCUT2D eigenvalue weighted by Crippen LogP contribution is 2.30. The highest BCUT2D eigenvalue weighted by Gasteiger charge is 2.32. The van der Waals surface area contributed by atoms with Crippen LogP contribution in [0.1, 0.15) is 19.8 Å². The summed E-state index contributed by atoms with van der Waals surface area (Å²) < 4.78 is 5.45. The first-order valence-electron chi connectivity index (χ1n) is 9.26. The Labute approximate surface area is 158 Å². The van der Waals surface area contributed by atoms with Crippen LogP contribution in [0.4, 0.5) is 11.5 Å². The molecule has 1 saturated heterocycles. The monoisotopic (exact) mass is 362 g/mol.